The van der Waals surface area contributed by atoms with Crippen molar-refractivity contribution in [1.29, 1.82) is 0 Å². The summed E-state index contributed by atoms with van der Waals surface area (Å²) >= 11 is 0. The summed E-state index contributed by atoms with van der Waals surface area (Å²) in [7, 11) is 0. The van der Waals surface area contributed by atoms with Gasteiger partial charge in [-0.05, 0) is 6.92 Å². The van der Waals surface area contributed by atoms with Crippen LogP contribution in [0.4, 0.5) is 0 Å². The first kappa shape index (κ1) is 9.78. The maximum absolute atomic E-state index is 10.3. The monoisotopic (exact) mass is 208 g/mol. The standard InChI is InChI=1S/C8H12N6O/c1-5(6-3-9-13-11-6)8(2,15)7-4-10-14-12-7/h3-5,15H,1-2H3,(H,9,11,13)(H,10,12,14). The third kappa shape index (κ3) is 1.61. The molecule has 0 saturated heterocycles. The molecule has 2 aromatic rings. The summed E-state index contributed by atoms with van der Waals surface area (Å²) in [6.07, 6.45) is 3.08. The van der Waals surface area contributed by atoms with Gasteiger partial charge in [0.15, 0.2) is 0 Å². The van der Waals surface area contributed by atoms with E-state index in [1.54, 1.807) is 13.1 Å². The van der Waals surface area contributed by atoms with Crippen LogP contribution in [0.5, 0.6) is 0 Å². The lowest BCUT2D eigenvalue weighted by atomic mass is 9.86. The molecule has 7 nitrogen and oxygen atoms in total. The minimum atomic E-state index is -1.12. The lowest BCUT2D eigenvalue weighted by Gasteiger charge is -2.26. The van der Waals surface area contributed by atoms with E-state index in [4.69, 9.17) is 0 Å². The van der Waals surface area contributed by atoms with E-state index in [1.807, 2.05) is 6.92 Å². The molecule has 2 aromatic heterocycles. The van der Waals surface area contributed by atoms with Crippen molar-refractivity contribution in [3.8, 4) is 0 Å². The molecule has 80 valence electrons. The molecule has 0 aliphatic heterocycles. The average molecular weight is 208 g/mol. The number of aliphatic hydroxyl groups is 1. The van der Waals surface area contributed by atoms with Crippen LogP contribution in [-0.2, 0) is 5.60 Å². The molecular formula is C8H12N6O. The van der Waals surface area contributed by atoms with Gasteiger partial charge in [-0.3, -0.25) is 0 Å². The Labute approximate surface area is 85.9 Å². The molecule has 0 aromatic carbocycles. The summed E-state index contributed by atoms with van der Waals surface area (Å²) in [5.74, 6) is -0.221. The van der Waals surface area contributed by atoms with Gasteiger partial charge in [-0.25, -0.2) is 0 Å². The molecule has 2 unspecified atom stereocenters. The molecule has 0 bridgehead atoms. The summed E-state index contributed by atoms with van der Waals surface area (Å²) in [4.78, 5) is 0. The lowest BCUT2D eigenvalue weighted by Crippen LogP contribution is -2.29. The largest absolute Gasteiger partial charge is 0.383 e. The SMILES string of the molecule is CC(c1cn[nH]n1)C(C)(O)c1cn[nH]n1. The van der Waals surface area contributed by atoms with Gasteiger partial charge in [0, 0.05) is 5.92 Å². The molecule has 2 heterocycles. The summed E-state index contributed by atoms with van der Waals surface area (Å²) in [5, 5.41) is 30.5. The van der Waals surface area contributed by atoms with Gasteiger partial charge in [0.2, 0.25) is 0 Å². The predicted octanol–water partition coefficient (Wildman–Crippen LogP) is -0.0660. The van der Waals surface area contributed by atoms with Crippen molar-refractivity contribution in [1.82, 2.24) is 30.8 Å². The number of aromatic nitrogens is 6. The zero-order valence-electron chi connectivity index (χ0n) is 8.47. The minimum absolute atomic E-state index is 0.221. The quantitative estimate of drug-likeness (QED) is 0.655. The van der Waals surface area contributed by atoms with Gasteiger partial charge in [-0.15, -0.1) is 0 Å². The Balaban J connectivity index is 2.30. The molecule has 3 N–H and O–H groups in total. The van der Waals surface area contributed by atoms with Crippen LogP contribution in [-0.4, -0.2) is 35.9 Å². The molecule has 7 heteroatoms. The Morgan fingerprint density at radius 1 is 1.27 bits per heavy atom. The fourth-order valence-corrected chi connectivity index (χ4v) is 1.37. The van der Waals surface area contributed by atoms with Crippen molar-refractivity contribution >= 4 is 0 Å². The molecule has 0 fully saturated rings. The van der Waals surface area contributed by atoms with Gasteiger partial charge in [0.1, 0.15) is 11.3 Å². The summed E-state index contributed by atoms with van der Waals surface area (Å²) in [6, 6.07) is 0. The van der Waals surface area contributed by atoms with Crippen molar-refractivity contribution in [3.05, 3.63) is 23.8 Å². The summed E-state index contributed by atoms with van der Waals surface area (Å²) in [6.45, 7) is 3.52. The van der Waals surface area contributed by atoms with Gasteiger partial charge in [-0.1, -0.05) is 6.92 Å². The smallest absolute Gasteiger partial charge is 0.115 e. The first-order valence-electron chi connectivity index (χ1n) is 4.56. The molecule has 15 heavy (non-hydrogen) atoms. The number of hydrogen-bond donors (Lipinski definition) is 3. The first-order valence-corrected chi connectivity index (χ1v) is 4.56. The summed E-state index contributed by atoms with van der Waals surface area (Å²) < 4.78 is 0. The minimum Gasteiger partial charge on any atom is -0.383 e. The molecular weight excluding hydrogens is 196 g/mol. The predicted molar refractivity (Wildman–Crippen MR) is 50.8 cm³/mol. The van der Waals surface area contributed by atoms with Crippen LogP contribution in [0.25, 0.3) is 0 Å². The normalized spacial score (nSPS) is 17.3. The molecule has 0 saturated carbocycles. The highest BCUT2D eigenvalue weighted by Crippen LogP contribution is 2.33. The molecule has 2 atom stereocenters. The Morgan fingerprint density at radius 2 is 1.93 bits per heavy atom. The number of nitrogens with zero attached hydrogens (tertiary/aromatic N) is 4. The number of hydrogen-bond acceptors (Lipinski definition) is 5. The second-order valence-electron chi connectivity index (χ2n) is 3.62. The molecule has 0 spiro atoms. The van der Waals surface area contributed by atoms with E-state index in [0.717, 1.165) is 0 Å². The molecule has 0 aliphatic carbocycles. The zero-order valence-corrected chi connectivity index (χ0v) is 8.47. The van der Waals surface area contributed by atoms with Crippen LogP contribution in [0.15, 0.2) is 12.4 Å². The van der Waals surface area contributed by atoms with Crippen LogP contribution in [0.3, 0.4) is 0 Å². The summed E-state index contributed by atoms with van der Waals surface area (Å²) in [5.41, 5.74) is 0.0464. The Hall–Kier alpha value is -1.76. The van der Waals surface area contributed by atoms with Crippen molar-refractivity contribution in [2.24, 2.45) is 0 Å². The molecule has 2 rings (SSSR count). The Bertz CT molecular complexity index is 406. The third-order valence-corrected chi connectivity index (χ3v) is 2.65. The van der Waals surface area contributed by atoms with Crippen LogP contribution >= 0.6 is 0 Å². The molecule has 0 aliphatic rings. The van der Waals surface area contributed by atoms with E-state index >= 15 is 0 Å². The van der Waals surface area contributed by atoms with Crippen molar-refractivity contribution in [2.75, 3.05) is 0 Å². The van der Waals surface area contributed by atoms with Gasteiger partial charge in [-0.2, -0.15) is 30.8 Å². The van der Waals surface area contributed by atoms with Gasteiger partial charge < -0.3 is 5.11 Å². The number of H-pyrrole nitrogens is 2. The van der Waals surface area contributed by atoms with Crippen LogP contribution in [0.1, 0.15) is 31.2 Å². The maximum Gasteiger partial charge on any atom is 0.115 e. The Morgan fingerprint density at radius 3 is 2.47 bits per heavy atom. The van der Waals surface area contributed by atoms with Crippen molar-refractivity contribution in [2.45, 2.75) is 25.4 Å². The first-order chi connectivity index (χ1) is 7.12. The van der Waals surface area contributed by atoms with Crippen LogP contribution in [0.2, 0.25) is 0 Å². The third-order valence-electron chi connectivity index (χ3n) is 2.65. The highest BCUT2D eigenvalue weighted by atomic mass is 16.3. The van der Waals surface area contributed by atoms with Gasteiger partial charge in [0.25, 0.3) is 0 Å². The molecule has 0 radical (unpaired) electrons. The molecule has 0 amide bonds. The lowest BCUT2D eigenvalue weighted by molar-refractivity contribution is 0.0266. The van der Waals surface area contributed by atoms with Gasteiger partial charge >= 0.3 is 0 Å². The van der Waals surface area contributed by atoms with E-state index in [9.17, 15) is 5.11 Å². The van der Waals surface area contributed by atoms with Crippen molar-refractivity contribution < 1.29 is 5.11 Å². The number of aromatic amines is 2. The van der Waals surface area contributed by atoms with E-state index in [0.29, 0.717) is 11.4 Å². The second kappa shape index (κ2) is 3.43. The van der Waals surface area contributed by atoms with Crippen LogP contribution in [0, 0.1) is 0 Å². The van der Waals surface area contributed by atoms with E-state index in [2.05, 4.69) is 30.8 Å². The number of nitrogens with one attached hydrogen (secondary N) is 2. The van der Waals surface area contributed by atoms with Gasteiger partial charge in [0.05, 0.1) is 18.1 Å². The second-order valence-corrected chi connectivity index (χ2v) is 3.62. The highest BCUT2D eigenvalue weighted by molar-refractivity contribution is 5.15. The topological polar surface area (TPSA) is 103 Å². The van der Waals surface area contributed by atoms with E-state index in [-0.39, 0.29) is 5.92 Å². The van der Waals surface area contributed by atoms with Crippen LogP contribution < -0.4 is 0 Å². The number of rotatable bonds is 3. The average Bonchev–Trinajstić information content (AvgIpc) is 2.89. The Kier molecular flexibility index (Phi) is 2.24. The van der Waals surface area contributed by atoms with Crippen molar-refractivity contribution in [3.63, 3.8) is 0 Å². The van der Waals surface area contributed by atoms with E-state index < -0.39 is 5.60 Å². The van der Waals surface area contributed by atoms with E-state index in [1.165, 1.54) is 6.20 Å². The highest BCUT2D eigenvalue weighted by Gasteiger charge is 2.35. The fourth-order valence-electron chi connectivity index (χ4n) is 1.37. The zero-order chi connectivity index (χ0) is 10.9. The fraction of sp³-hybridized carbons (Fsp3) is 0.500. The maximum atomic E-state index is 10.3.